The van der Waals surface area contributed by atoms with Crippen LogP contribution in [0.15, 0.2) is 66.7 Å². The van der Waals surface area contributed by atoms with Crippen molar-refractivity contribution in [3.8, 4) is 11.1 Å². The number of carboxylic acids is 1. The standard InChI is InChI=1S/C25H21ClN2O5/c26-22-13-15(9-10-20(22)24(30)31)28-23(29)11-12-27-25(32)33-14-21-18-7-3-1-5-16(18)17-6-2-4-8-19(17)21/h1-10,13,21H,11-12,14H2,(H,27,32)(H,28,29)(H,30,31). The van der Waals surface area contributed by atoms with Crippen LogP contribution in [0.4, 0.5) is 10.5 Å². The third kappa shape index (κ3) is 4.99. The molecule has 0 unspecified atom stereocenters. The molecule has 3 N–H and O–H groups in total. The molecule has 0 spiro atoms. The lowest BCUT2D eigenvalue weighted by Crippen LogP contribution is -2.29. The predicted octanol–water partition coefficient (Wildman–Crippen LogP) is 4.91. The maximum Gasteiger partial charge on any atom is 0.407 e. The van der Waals surface area contributed by atoms with Crippen molar-refractivity contribution in [1.29, 1.82) is 0 Å². The Morgan fingerprint density at radius 3 is 2.18 bits per heavy atom. The Morgan fingerprint density at radius 2 is 1.58 bits per heavy atom. The molecule has 3 aromatic carbocycles. The Morgan fingerprint density at radius 1 is 0.939 bits per heavy atom. The molecule has 0 aromatic heterocycles. The molecule has 2 amide bonds. The third-order valence-electron chi connectivity index (χ3n) is 5.45. The molecule has 1 aliphatic rings. The van der Waals surface area contributed by atoms with Crippen LogP contribution in [0.3, 0.4) is 0 Å². The van der Waals surface area contributed by atoms with E-state index < -0.39 is 12.1 Å². The van der Waals surface area contributed by atoms with E-state index in [4.69, 9.17) is 21.4 Å². The van der Waals surface area contributed by atoms with Gasteiger partial charge in [0.1, 0.15) is 6.61 Å². The lowest BCUT2D eigenvalue weighted by Gasteiger charge is -2.14. The van der Waals surface area contributed by atoms with Gasteiger partial charge in [0.2, 0.25) is 5.91 Å². The Kier molecular flexibility index (Phi) is 6.60. The topological polar surface area (TPSA) is 105 Å². The molecule has 8 heteroatoms. The number of carbonyl (C=O) groups is 3. The van der Waals surface area contributed by atoms with E-state index in [1.165, 1.54) is 18.2 Å². The second-order valence-corrected chi connectivity index (χ2v) is 7.96. The number of rotatable bonds is 7. The molecular formula is C25H21ClN2O5. The van der Waals surface area contributed by atoms with Gasteiger partial charge in [0, 0.05) is 24.6 Å². The molecule has 0 saturated carbocycles. The van der Waals surface area contributed by atoms with Crippen molar-refractivity contribution in [2.75, 3.05) is 18.5 Å². The molecule has 33 heavy (non-hydrogen) atoms. The smallest absolute Gasteiger partial charge is 0.407 e. The highest BCUT2D eigenvalue weighted by Crippen LogP contribution is 2.44. The fourth-order valence-corrected chi connectivity index (χ4v) is 4.18. The summed E-state index contributed by atoms with van der Waals surface area (Å²) in [6.07, 6.45) is -0.582. The molecule has 168 valence electrons. The van der Waals surface area contributed by atoms with E-state index in [1.807, 2.05) is 36.4 Å². The summed E-state index contributed by atoms with van der Waals surface area (Å²) in [6, 6.07) is 20.3. The lowest BCUT2D eigenvalue weighted by atomic mass is 9.98. The van der Waals surface area contributed by atoms with Crippen LogP contribution in [0.1, 0.15) is 33.8 Å². The fraction of sp³-hybridized carbons (Fsp3) is 0.160. The molecule has 7 nitrogen and oxygen atoms in total. The summed E-state index contributed by atoms with van der Waals surface area (Å²) < 4.78 is 5.44. The van der Waals surface area contributed by atoms with Crippen LogP contribution in [0.2, 0.25) is 5.02 Å². The van der Waals surface area contributed by atoms with Gasteiger partial charge >= 0.3 is 12.1 Å². The summed E-state index contributed by atoms with van der Waals surface area (Å²) in [5.41, 5.74) is 4.87. The van der Waals surface area contributed by atoms with Crippen LogP contribution in [0, 0.1) is 0 Å². The summed E-state index contributed by atoms with van der Waals surface area (Å²) in [5, 5.41) is 14.2. The normalized spacial score (nSPS) is 11.9. The molecule has 0 aliphatic heterocycles. The highest BCUT2D eigenvalue weighted by molar-refractivity contribution is 6.33. The lowest BCUT2D eigenvalue weighted by molar-refractivity contribution is -0.116. The van der Waals surface area contributed by atoms with Crippen molar-refractivity contribution >= 4 is 35.3 Å². The second-order valence-electron chi connectivity index (χ2n) is 7.55. The highest BCUT2D eigenvalue weighted by atomic mass is 35.5. The van der Waals surface area contributed by atoms with Crippen LogP contribution in [-0.2, 0) is 9.53 Å². The average Bonchev–Trinajstić information content (AvgIpc) is 3.11. The number of benzene rings is 3. The molecule has 0 bridgehead atoms. The molecular weight excluding hydrogens is 444 g/mol. The first-order chi connectivity index (χ1) is 15.9. The highest BCUT2D eigenvalue weighted by Gasteiger charge is 2.28. The SMILES string of the molecule is O=C(CCNC(=O)OCC1c2ccccc2-c2ccccc21)Nc1ccc(C(=O)O)c(Cl)c1. The molecule has 0 atom stereocenters. The van der Waals surface area contributed by atoms with Gasteiger partial charge in [-0.1, -0.05) is 60.1 Å². The summed E-state index contributed by atoms with van der Waals surface area (Å²) in [5.74, 6) is -1.54. The zero-order valence-corrected chi connectivity index (χ0v) is 18.3. The van der Waals surface area contributed by atoms with E-state index in [0.717, 1.165) is 22.3 Å². The van der Waals surface area contributed by atoms with Gasteiger partial charge in [-0.25, -0.2) is 9.59 Å². The minimum absolute atomic E-state index is 0.0164. The van der Waals surface area contributed by atoms with E-state index >= 15 is 0 Å². The van der Waals surface area contributed by atoms with Gasteiger partial charge in [0.05, 0.1) is 10.6 Å². The molecule has 0 saturated heterocycles. The first-order valence-electron chi connectivity index (χ1n) is 10.4. The number of hydrogen-bond acceptors (Lipinski definition) is 4. The van der Waals surface area contributed by atoms with Crippen LogP contribution >= 0.6 is 11.6 Å². The Bertz CT molecular complexity index is 1180. The van der Waals surface area contributed by atoms with Crippen LogP contribution in [-0.4, -0.2) is 36.2 Å². The van der Waals surface area contributed by atoms with Crippen molar-refractivity contribution in [2.24, 2.45) is 0 Å². The molecule has 0 radical (unpaired) electrons. The molecule has 1 aliphatic carbocycles. The first-order valence-corrected chi connectivity index (χ1v) is 10.7. The Hall–Kier alpha value is -3.84. The number of carboxylic acid groups (broad SMARTS) is 1. The van der Waals surface area contributed by atoms with Crippen molar-refractivity contribution in [3.63, 3.8) is 0 Å². The van der Waals surface area contributed by atoms with Gasteiger partial charge in [-0.2, -0.15) is 0 Å². The number of aromatic carboxylic acids is 1. The first kappa shape index (κ1) is 22.4. The third-order valence-corrected chi connectivity index (χ3v) is 5.76. The Labute approximate surface area is 195 Å². The van der Waals surface area contributed by atoms with Gasteiger partial charge in [0.25, 0.3) is 0 Å². The molecule has 0 heterocycles. The van der Waals surface area contributed by atoms with Gasteiger partial charge in [-0.3, -0.25) is 4.79 Å². The second kappa shape index (κ2) is 9.75. The van der Waals surface area contributed by atoms with Crippen LogP contribution in [0.25, 0.3) is 11.1 Å². The number of ether oxygens (including phenoxy) is 1. The number of anilines is 1. The van der Waals surface area contributed by atoms with Gasteiger partial charge < -0.3 is 20.5 Å². The minimum atomic E-state index is -1.15. The monoisotopic (exact) mass is 464 g/mol. The number of amides is 2. The minimum Gasteiger partial charge on any atom is -0.478 e. The van der Waals surface area contributed by atoms with Crippen molar-refractivity contribution in [2.45, 2.75) is 12.3 Å². The summed E-state index contributed by atoms with van der Waals surface area (Å²) >= 11 is 5.90. The number of halogens is 1. The van der Waals surface area contributed by atoms with Gasteiger partial charge in [-0.05, 0) is 40.5 Å². The number of fused-ring (bicyclic) bond motifs is 3. The fourth-order valence-electron chi connectivity index (χ4n) is 3.92. The zero-order chi connectivity index (χ0) is 23.4. The maximum atomic E-state index is 12.2. The van der Waals surface area contributed by atoms with E-state index in [0.29, 0.717) is 5.69 Å². The molecule has 3 aromatic rings. The Balaban J connectivity index is 1.25. The van der Waals surface area contributed by atoms with Crippen LogP contribution < -0.4 is 10.6 Å². The molecule has 0 fully saturated rings. The van der Waals surface area contributed by atoms with Crippen molar-refractivity contribution < 1.29 is 24.2 Å². The van der Waals surface area contributed by atoms with Gasteiger partial charge in [0.15, 0.2) is 0 Å². The largest absolute Gasteiger partial charge is 0.478 e. The van der Waals surface area contributed by atoms with Gasteiger partial charge in [-0.15, -0.1) is 0 Å². The van der Waals surface area contributed by atoms with Crippen molar-refractivity contribution in [1.82, 2.24) is 5.32 Å². The summed E-state index contributed by atoms with van der Waals surface area (Å²) in [6.45, 7) is 0.282. The zero-order valence-electron chi connectivity index (χ0n) is 17.5. The number of alkyl carbamates (subject to hydrolysis) is 1. The van der Waals surface area contributed by atoms with E-state index in [-0.39, 0.29) is 42.0 Å². The summed E-state index contributed by atoms with van der Waals surface area (Å²) in [7, 11) is 0. The van der Waals surface area contributed by atoms with E-state index in [9.17, 15) is 14.4 Å². The number of nitrogens with one attached hydrogen (secondary N) is 2. The quantitative estimate of drug-likeness (QED) is 0.461. The maximum absolute atomic E-state index is 12.2. The number of carbonyl (C=O) groups excluding carboxylic acids is 2. The number of hydrogen-bond donors (Lipinski definition) is 3. The van der Waals surface area contributed by atoms with Crippen molar-refractivity contribution in [3.05, 3.63) is 88.4 Å². The van der Waals surface area contributed by atoms with E-state index in [2.05, 4.69) is 22.8 Å². The molecule has 4 rings (SSSR count). The predicted molar refractivity (Wildman–Crippen MR) is 125 cm³/mol. The van der Waals surface area contributed by atoms with E-state index in [1.54, 1.807) is 0 Å². The summed E-state index contributed by atoms with van der Waals surface area (Å²) in [4.78, 5) is 35.3. The van der Waals surface area contributed by atoms with Crippen LogP contribution in [0.5, 0.6) is 0 Å². The average molecular weight is 465 g/mol.